The third-order valence-electron chi connectivity index (χ3n) is 5.24. The van der Waals surface area contributed by atoms with E-state index in [9.17, 15) is 28.6 Å². The summed E-state index contributed by atoms with van der Waals surface area (Å²) >= 11 is 5.67. The maximum Gasteiger partial charge on any atom is 0.311 e. The number of nitrogens with zero attached hydrogens (tertiary/aromatic N) is 1. The van der Waals surface area contributed by atoms with Gasteiger partial charge in [0.2, 0.25) is 0 Å². The molecule has 0 aliphatic heterocycles. The van der Waals surface area contributed by atoms with Gasteiger partial charge in [-0.2, -0.15) is 0 Å². The summed E-state index contributed by atoms with van der Waals surface area (Å²) in [5.41, 5.74) is -0.939. The topological polar surface area (TPSA) is 79.5 Å². The van der Waals surface area contributed by atoms with Gasteiger partial charge in [0.25, 0.3) is 5.91 Å². The Labute approximate surface area is 187 Å². The minimum atomic E-state index is -1.37. The van der Waals surface area contributed by atoms with Crippen LogP contribution in [0.2, 0.25) is 5.02 Å². The summed E-state index contributed by atoms with van der Waals surface area (Å²) in [6.07, 6.45) is 0.0730. The van der Waals surface area contributed by atoms with Crippen molar-refractivity contribution in [3.63, 3.8) is 0 Å². The first kappa shape index (κ1) is 23.7. The van der Waals surface area contributed by atoms with E-state index in [4.69, 9.17) is 11.6 Å². The van der Waals surface area contributed by atoms with Crippen LogP contribution < -0.4 is 0 Å². The van der Waals surface area contributed by atoms with Gasteiger partial charge in [0.05, 0.1) is 16.5 Å². The van der Waals surface area contributed by atoms with Gasteiger partial charge in [-0.3, -0.25) is 14.2 Å². The minimum absolute atomic E-state index is 0.0425. The summed E-state index contributed by atoms with van der Waals surface area (Å²) in [5.74, 6) is -8.19. The molecule has 0 saturated carbocycles. The Balaban J connectivity index is 2.40. The normalized spacial score (nSPS) is 12.9. The monoisotopic (exact) mass is 467 g/mol. The molecule has 2 aromatic carbocycles. The van der Waals surface area contributed by atoms with E-state index in [-0.39, 0.29) is 39.2 Å². The van der Waals surface area contributed by atoms with Crippen molar-refractivity contribution in [2.24, 2.45) is 5.41 Å². The fourth-order valence-electron chi connectivity index (χ4n) is 3.88. The fraction of sp³-hybridized carbons (Fsp3) is 0.304. The van der Waals surface area contributed by atoms with Crippen LogP contribution in [0.4, 0.5) is 13.2 Å². The zero-order chi connectivity index (χ0) is 24.1. The summed E-state index contributed by atoms with van der Waals surface area (Å²) in [6, 6.07) is 4.05. The molecule has 2 N–H and O–H groups in total. The SMILES string of the molecule is Cc1c([C@H](CC(C)(C)C)C(=O)O)c2c(F)c(O)c(F)cc2n1C(=O)c1ccc(Cl)c(F)c1. The first-order chi connectivity index (χ1) is 14.7. The number of hydrogen-bond donors (Lipinski definition) is 2. The van der Waals surface area contributed by atoms with Crippen LogP contribution >= 0.6 is 11.6 Å². The standard InChI is InChI=1S/C23H21ClF3NO4/c1-10-17(12(22(31)32)9-23(2,3)4)18-16(8-15(26)20(29)19(18)27)28(10)21(30)11-5-6-13(24)14(25)7-11/h5-8,12,29H,9H2,1-4H3,(H,31,32)/t12-/m0/s1. The van der Waals surface area contributed by atoms with Gasteiger partial charge in [-0.1, -0.05) is 32.4 Å². The quantitative estimate of drug-likeness (QED) is 0.491. The number of benzene rings is 2. The van der Waals surface area contributed by atoms with E-state index in [1.165, 1.54) is 19.1 Å². The van der Waals surface area contributed by atoms with Gasteiger partial charge in [-0.15, -0.1) is 0 Å². The number of aromatic hydroxyl groups is 1. The second kappa shape index (κ2) is 8.16. The van der Waals surface area contributed by atoms with Gasteiger partial charge >= 0.3 is 5.97 Å². The number of hydrogen-bond acceptors (Lipinski definition) is 3. The molecule has 32 heavy (non-hydrogen) atoms. The van der Waals surface area contributed by atoms with Crippen LogP contribution in [-0.4, -0.2) is 26.7 Å². The molecule has 3 aromatic rings. The largest absolute Gasteiger partial charge is 0.503 e. The lowest BCUT2D eigenvalue weighted by Gasteiger charge is -2.24. The number of halogens is 4. The number of phenols is 1. The van der Waals surface area contributed by atoms with Crippen molar-refractivity contribution in [2.75, 3.05) is 0 Å². The first-order valence-electron chi connectivity index (χ1n) is 9.69. The van der Waals surface area contributed by atoms with E-state index in [2.05, 4.69) is 0 Å². The third kappa shape index (κ3) is 4.07. The van der Waals surface area contributed by atoms with Crippen LogP contribution in [0, 0.1) is 29.8 Å². The Bertz CT molecular complexity index is 1260. The molecule has 5 nitrogen and oxygen atoms in total. The van der Waals surface area contributed by atoms with Gasteiger partial charge in [0, 0.05) is 22.7 Å². The van der Waals surface area contributed by atoms with E-state index in [0.29, 0.717) is 0 Å². The molecule has 1 heterocycles. The summed E-state index contributed by atoms with van der Waals surface area (Å²) in [7, 11) is 0. The van der Waals surface area contributed by atoms with Crippen LogP contribution in [-0.2, 0) is 4.79 Å². The Kier molecular flexibility index (Phi) is 6.04. The molecule has 0 unspecified atom stereocenters. The lowest BCUT2D eigenvalue weighted by Crippen LogP contribution is -2.21. The molecule has 0 bridgehead atoms. The highest BCUT2D eigenvalue weighted by Gasteiger charge is 2.35. The van der Waals surface area contributed by atoms with Crippen molar-refractivity contribution in [3.05, 3.63) is 63.6 Å². The summed E-state index contributed by atoms with van der Waals surface area (Å²) in [6.45, 7) is 6.79. The summed E-state index contributed by atoms with van der Waals surface area (Å²) in [5, 5.41) is 19.2. The third-order valence-corrected chi connectivity index (χ3v) is 5.55. The van der Waals surface area contributed by atoms with Crippen molar-refractivity contribution in [1.29, 1.82) is 0 Å². The van der Waals surface area contributed by atoms with Crippen LogP contribution in [0.25, 0.3) is 10.9 Å². The average Bonchev–Trinajstić information content (AvgIpc) is 2.96. The number of carbonyl (C=O) groups excluding carboxylic acids is 1. The molecule has 3 rings (SSSR count). The number of carboxylic acid groups (broad SMARTS) is 1. The molecule has 1 aromatic heterocycles. The maximum absolute atomic E-state index is 15.1. The number of carbonyl (C=O) groups is 2. The highest BCUT2D eigenvalue weighted by molar-refractivity contribution is 6.30. The molecule has 0 aliphatic carbocycles. The predicted octanol–water partition coefficient (Wildman–Crippen LogP) is 6.02. The van der Waals surface area contributed by atoms with Crippen LogP contribution in [0.3, 0.4) is 0 Å². The molecule has 0 fully saturated rings. The Hall–Kier alpha value is -3.00. The Morgan fingerprint density at radius 1 is 1.12 bits per heavy atom. The van der Waals surface area contributed by atoms with Crippen molar-refractivity contribution in [1.82, 2.24) is 4.57 Å². The van der Waals surface area contributed by atoms with Crippen molar-refractivity contribution < 1.29 is 33.0 Å². The first-order valence-corrected chi connectivity index (χ1v) is 10.1. The number of fused-ring (bicyclic) bond motifs is 1. The molecule has 0 radical (unpaired) electrons. The smallest absolute Gasteiger partial charge is 0.311 e. The highest BCUT2D eigenvalue weighted by Crippen LogP contribution is 2.42. The molecule has 0 spiro atoms. The molecular weight excluding hydrogens is 447 g/mol. The van der Waals surface area contributed by atoms with E-state index in [1.807, 2.05) is 0 Å². The molecule has 0 saturated heterocycles. The van der Waals surface area contributed by atoms with Crippen LogP contribution in [0.1, 0.15) is 54.7 Å². The van der Waals surface area contributed by atoms with Gasteiger partial charge < -0.3 is 10.2 Å². The fourth-order valence-corrected chi connectivity index (χ4v) is 4.00. The second-order valence-electron chi connectivity index (χ2n) is 8.84. The van der Waals surface area contributed by atoms with Crippen LogP contribution in [0.15, 0.2) is 24.3 Å². The van der Waals surface area contributed by atoms with Crippen LogP contribution in [0.5, 0.6) is 5.75 Å². The number of carboxylic acids is 1. The van der Waals surface area contributed by atoms with Gasteiger partial charge in [0.15, 0.2) is 17.4 Å². The average molecular weight is 468 g/mol. The van der Waals surface area contributed by atoms with Crippen molar-refractivity contribution >= 4 is 34.4 Å². The number of rotatable bonds is 4. The highest BCUT2D eigenvalue weighted by atomic mass is 35.5. The van der Waals surface area contributed by atoms with E-state index in [0.717, 1.165) is 16.7 Å². The molecule has 0 aliphatic rings. The molecule has 170 valence electrons. The van der Waals surface area contributed by atoms with E-state index in [1.54, 1.807) is 20.8 Å². The maximum atomic E-state index is 15.1. The second-order valence-corrected chi connectivity index (χ2v) is 9.25. The predicted molar refractivity (Wildman–Crippen MR) is 114 cm³/mol. The Morgan fingerprint density at radius 3 is 2.28 bits per heavy atom. The lowest BCUT2D eigenvalue weighted by atomic mass is 9.80. The molecule has 1 atom stereocenters. The minimum Gasteiger partial charge on any atom is -0.503 e. The zero-order valence-electron chi connectivity index (χ0n) is 17.8. The van der Waals surface area contributed by atoms with Crippen molar-refractivity contribution in [2.45, 2.75) is 40.0 Å². The summed E-state index contributed by atoms with van der Waals surface area (Å²) in [4.78, 5) is 25.4. The van der Waals surface area contributed by atoms with Gasteiger partial charge in [-0.05, 0) is 42.5 Å². The zero-order valence-corrected chi connectivity index (χ0v) is 18.5. The van der Waals surface area contributed by atoms with Gasteiger partial charge in [0.1, 0.15) is 5.82 Å². The molecule has 9 heteroatoms. The summed E-state index contributed by atoms with van der Waals surface area (Å²) < 4.78 is 44.2. The van der Waals surface area contributed by atoms with E-state index >= 15 is 4.39 Å². The van der Waals surface area contributed by atoms with E-state index < -0.39 is 46.4 Å². The number of aliphatic carboxylic acids is 1. The molecular formula is C23H21ClF3NO4. The molecule has 0 amide bonds. The van der Waals surface area contributed by atoms with Gasteiger partial charge in [-0.25, -0.2) is 13.2 Å². The Morgan fingerprint density at radius 2 is 1.75 bits per heavy atom. The van der Waals surface area contributed by atoms with Crippen molar-refractivity contribution in [3.8, 4) is 5.75 Å². The number of phenolic OH excluding ortho intramolecular Hbond substituents is 1. The lowest BCUT2D eigenvalue weighted by molar-refractivity contribution is -0.139. The number of aromatic nitrogens is 1.